The zero-order valence-corrected chi connectivity index (χ0v) is 9.98. The second-order valence-corrected chi connectivity index (χ2v) is 5.42. The van der Waals surface area contributed by atoms with Crippen molar-refractivity contribution in [1.29, 1.82) is 0 Å². The summed E-state index contributed by atoms with van der Waals surface area (Å²) in [5.74, 6) is 0.755. The zero-order valence-electron chi connectivity index (χ0n) is 8.39. The van der Waals surface area contributed by atoms with Gasteiger partial charge in [0.2, 0.25) is 0 Å². The first-order chi connectivity index (χ1) is 6.20. The molecule has 1 aliphatic carbocycles. The fourth-order valence-corrected chi connectivity index (χ4v) is 2.68. The van der Waals surface area contributed by atoms with E-state index in [1.54, 1.807) is 6.92 Å². The highest BCUT2D eigenvalue weighted by atomic mass is 79.9. The third-order valence-electron chi connectivity index (χ3n) is 2.96. The average Bonchev–Trinajstić information content (AvgIpc) is 2.16. The molecular formula is C11H19BrO. The molecule has 0 spiro atoms. The lowest BCUT2D eigenvalue weighted by Crippen LogP contribution is -2.10. The first-order valence-electron chi connectivity index (χ1n) is 5.34. The molecule has 0 N–H and O–H groups in total. The van der Waals surface area contributed by atoms with E-state index in [1.807, 2.05) is 0 Å². The van der Waals surface area contributed by atoms with Crippen molar-refractivity contribution in [1.82, 2.24) is 0 Å². The number of carbonyl (C=O) groups excluding carboxylic acids is 1. The summed E-state index contributed by atoms with van der Waals surface area (Å²) in [4.78, 5) is 11.9. The van der Waals surface area contributed by atoms with Crippen molar-refractivity contribution >= 4 is 21.7 Å². The third-order valence-corrected chi connectivity index (χ3v) is 3.88. The molecule has 0 radical (unpaired) electrons. The summed E-state index contributed by atoms with van der Waals surface area (Å²) in [5, 5.41) is 0. The number of carbonyl (C=O) groups is 1. The standard InChI is InChI=1S/C11H19BrO/c1-9(13)10-5-2-3-7-11(12)8-4-6-10/h10-11H,2-8H2,1H3. The lowest BCUT2D eigenvalue weighted by molar-refractivity contribution is -0.121. The molecule has 0 aliphatic heterocycles. The van der Waals surface area contributed by atoms with E-state index in [0.29, 0.717) is 16.5 Å². The predicted molar refractivity (Wildman–Crippen MR) is 59.2 cm³/mol. The van der Waals surface area contributed by atoms with Crippen LogP contribution in [0.3, 0.4) is 0 Å². The summed E-state index contributed by atoms with van der Waals surface area (Å²) < 4.78 is 0. The Morgan fingerprint density at radius 1 is 1.08 bits per heavy atom. The van der Waals surface area contributed by atoms with Crippen LogP contribution in [0.1, 0.15) is 51.9 Å². The number of hydrogen-bond acceptors (Lipinski definition) is 1. The Hall–Kier alpha value is 0.150. The number of ketones is 1. The van der Waals surface area contributed by atoms with E-state index in [-0.39, 0.29) is 0 Å². The van der Waals surface area contributed by atoms with Crippen LogP contribution in [-0.2, 0) is 4.79 Å². The summed E-state index contributed by atoms with van der Waals surface area (Å²) in [6, 6.07) is 0. The molecule has 1 saturated carbocycles. The molecule has 13 heavy (non-hydrogen) atoms. The van der Waals surface area contributed by atoms with E-state index in [1.165, 1.54) is 32.1 Å². The van der Waals surface area contributed by atoms with Crippen LogP contribution in [-0.4, -0.2) is 10.6 Å². The fourth-order valence-electron chi connectivity index (χ4n) is 2.04. The van der Waals surface area contributed by atoms with E-state index in [2.05, 4.69) is 15.9 Å². The number of halogens is 1. The molecule has 1 nitrogen and oxygen atoms in total. The summed E-state index contributed by atoms with van der Waals surface area (Å²) in [6.45, 7) is 1.74. The van der Waals surface area contributed by atoms with Crippen LogP contribution in [0, 0.1) is 5.92 Å². The lowest BCUT2D eigenvalue weighted by atomic mass is 9.94. The van der Waals surface area contributed by atoms with Crippen molar-refractivity contribution in [3.63, 3.8) is 0 Å². The Morgan fingerprint density at radius 2 is 1.62 bits per heavy atom. The second-order valence-electron chi connectivity index (χ2n) is 4.12. The topological polar surface area (TPSA) is 17.1 Å². The van der Waals surface area contributed by atoms with Gasteiger partial charge in [-0.1, -0.05) is 35.2 Å². The Balaban J connectivity index is 2.38. The van der Waals surface area contributed by atoms with Crippen LogP contribution in [0.2, 0.25) is 0 Å². The molecule has 76 valence electrons. The third kappa shape index (κ3) is 4.26. The minimum atomic E-state index is 0.359. The van der Waals surface area contributed by atoms with E-state index in [9.17, 15) is 4.79 Å². The molecular weight excluding hydrogens is 228 g/mol. The van der Waals surface area contributed by atoms with Crippen LogP contribution in [0.15, 0.2) is 0 Å². The number of alkyl halides is 1. The lowest BCUT2D eigenvalue weighted by Gasteiger charge is -2.11. The maximum absolute atomic E-state index is 11.2. The van der Waals surface area contributed by atoms with E-state index >= 15 is 0 Å². The molecule has 0 aromatic carbocycles. The predicted octanol–water partition coefficient (Wildman–Crippen LogP) is 3.70. The maximum atomic E-state index is 11.2. The first kappa shape index (κ1) is 11.2. The van der Waals surface area contributed by atoms with Crippen molar-refractivity contribution < 1.29 is 4.79 Å². The van der Waals surface area contributed by atoms with Crippen LogP contribution in [0.4, 0.5) is 0 Å². The summed E-state index contributed by atoms with van der Waals surface area (Å²) in [6.07, 6.45) is 8.47. The van der Waals surface area contributed by atoms with Gasteiger partial charge in [-0.2, -0.15) is 0 Å². The van der Waals surface area contributed by atoms with Gasteiger partial charge in [0.25, 0.3) is 0 Å². The normalized spacial score (nSPS) is 31.5. The van der Waals surface area contributed by atoms with Crippen LogP contribution < -0.4 is 0 Å². The van der Waals surface area contributed by atoms with Gasteiger partial charge in [-0.25, -0.2) is 0 Å². The van der Waals surface area contributed by atoms with Gasteiger partial charge in [0, 0.05) is 10.7 Å². The van der Waals surface area contributed by atoms with Gasteiger partial charge < -0.3 is 0 Å². The van der Waals surface area contributed by atoms with Gasteiger partial charge in [-0.15, -0.1) is 0 Å². The Bertz CT molecular complexity index is 167. The van der Waals surface area contributed by atoms with Crippen LogP contribution in [0.25, 0.3) is 0 Å². The molecule has 0 heterocycles. The van der Waals surface area contributed by atoms with Gasteiger partial charge in [-0.3, -0.25) is 4.79 Å². The van der Waals surface area contributed by atoms with Crippen molar-refractivity contribution in [2.24, 2.45) is 5.92 Å². The molecule has 1 rings (SSSR count). The minimum absolute atomic E-state index is 0.359. The molecule has 1 aliphatic rings. The molecule has 0 bridgehead atoms. The quantitative estimate of drug-likeness (QED) is 0.646. The molecule has 0 saturated heterocycles. The van der Waals surface area contributed by atoms with Gasteiger partial charge in [0.1, 0.15) is 5.78 Å². The number of rotatable bonds is 1. The van der Waals surface area contributed by atoms with E-state index in [0.717, 1.165) is 12.8 Å². The van der Waals surface area contributed by atoms with Crippen molar-refractivity contribution in [2.75, 3.05) is 0 Å². The smallest absolute Gasteiger partial charge is 0.132 e. The van der Waals surface area contributed by atoms with E-state index < -0.39 is 0 Å². The van der Waals surface area contributed by atoms with Crippen LogP contribution >= 0.6 is 15.9 Å². The molecule has 0 aromatic heterocycles. The molecule has 2 heteroatoms. The number of hydrogen-bond donors (Lipinski definition) is 0. The number of Topliss-reactive ketones (excluding diaryl/α,β-unsaturated/α-hetero) is 1. The first-order valence-corrected chi connectivity index (χ1v) is 6.26. The average molecular weight is 247 g/mol. The van der Waals surface area contributed by atoms with Gasteiger partial charge in [-0.05, 0) is 32.6 Å². The Kier molecular flexibility index (Phi) is 5.00. The Morgan fingerprint density at radius 3 is 2.31 bits per heavy atom. The van der Waals surface area contributed by atoms with Crippen LogP contribution in [0.5, 0.6) is 0 Å². The van der Waals surface area contributed by atoms with Crippen molar-refractivity contribution in [3.8, 4) is 0 Å². The summed E-state index contributed by atoms with van der Waals surface area (Å²) in [5.41, 5.74) is 0. The summed E-state index contributed by atoms with van der Waals surface area (Å²) in [7, 11) is 0. The molecule has 1 fully saturated rings. The van der Waals surface area contributed by atoms with Crippen molar-refractivity contribution in [2.45, 2.75) is 56.7 Å². The maximum Gasteiger partial charge on any atom is 0.132 e. The van der Waals surface area contributed by atoms with Gasteiger partial charge in [0.15, 0.2) is 0 Å². The fraction of sp³-hybridized carbons (Fsp3) is 0.909. The summed E-state index contributed by atoms with van der Waals surface area (Å²) >= 11 is 3.68. The molecule has 0 amide bonds. The molecule has 2 unspecified atom stereocenters. The van der Waals surface area contributed by atoms with E-state index in [4.69, 9.17) is 0 Å². The highest BCUT2D eigenvalue weighted by Gasteiger charge is 2.16. The zero-order chi connectivity index (χ0) is 9.68. The monoisotopic (exact) mass is 246 g/mol. The molecule has 2 atom stereocenters. The highest BCUT2D eigenvalue weighted by Crippen LogP contribution is 2.25. The highest BCUT2D eigenvalue weighted by molar-refractivity contribution is 9.09. The SMILES string of the molecule is CC(=O)C1CCCCC(Br)CCC1. The van der Waals surface area contributed by atoms with Gasteiger partial charge >= 0.3 is 0 Å². The molecule has 0 aromatic rings. The largest absolute Gasteiger partial charge is 0.300 e. The second kappa shape index (κ2) is 5.79. The van der Waals surface area contributed by atoms with Gasteiger partial charge in [0.05, 0.1) is 0 Å². The Labute approximate surface area is 89.4 Å². The van der Waals surface area contributed by atoms with Crippen molar-refractivity contribution in [3.05, 3.63) is 0 Å². The minimum Gasteiger partial charge on any atom is -0.300 e.